The van der Waals surface area contributed by atoms with Crippen molar-refractivity contribution in [3.05, 3.63) is 11.8 Å². The number of H-pyrrole nitrogens is 1. The van der Waals surface area contributed by atoms with Gasteiger partial charge in [0.05, 0.1) is 13.3 Å². The van der Waals surface area contributed by atoms with Gasteiger partial charge in [0.2, 0.25) is 0 Å². The minimum Gasteiger partial charge on any atom is -0.453 e. The van der Waals surface area contributed by atoms with Crippen molar-refractivity contribution in [1.82, 2.24) is 10.2 Å². The molecular formula is C7H11N3O2. The monoisotopic (exact) mass is 169 g/mol. The number of aromatic nitrogens is 2. The van der Waals surface area contributed by atoms with Crippen LogP contribution in [-0.2, 0) is 11.2 Å². The van der Waals surface area contributed by atoms with Crippen LogP contribution >= 0.6 is 0 Å². The van der Waals surface area contributed by atoms with Crippen LogP contribution in [0, 0.1) is 0 Å². The molecule has 0 radical (unpaired) electrons. The zero-order chi connectivity index (χ0) is 8.97. The van der Waals surface area contributed by atoms with Crippen LogP contribution in [0.25, 0.3) is 0 Å². The maximum absolute atomic E-state index is 10.8. The third-order valence-electron chi connectivity index (χ3n) is 1.51. The molecule has 0 atom stereocenters. The van der Waals surface area contributed by atoms with E-state index >= 15 is 0 Å². The fourth-order valence-electron chi connectivity index (χ4n) is 0.840. The zero-order valence-electron chi connectivity index (χ0n) is 7.05. The van der Waals surface area contributed by atoms with Crippen LogP contribution in [0.4, 0.5) is 10.6 Å². The van der Waals surface area contributed by atoms with Gasteiger partial charge in [0.25, 0.3) is 0 Å². The van der Waals surface area contributed by atoms with Crippen molar-refractivity contribution in [2.75, 3.05) is 12.4 Å². The lowest BCUT2D eigenvalue weighted by Gasteiger charge is -2.01. The zero-order valence-corrected chi connectivity index (χ0v) is 7.05. The number of amides is 1. The first-order chi connectivity index (χ1) is 5.77. The molecule has 5 nitrogen and oxygen atoms in total. The summed E-state index contributed by atoms with van der Waals surface area (Å²) in [5.74, 6) is 0.601. The van der Waals surface area contributed by atoms with E-state index in [0.717, 1.165) is 12.0 Å². The van der Waals surface area contributed by atoms with Gasteiger partial charge in [-0.3, -0.25) is 10.4 Å². The molecule has 0 bridgehead atoms. The highest BCUT2D eigenvalue weighted by Crippen LogP contribution is 2.10. The number of methoxy groups -OCH3 is 1. The molecule has 0 aromatic carbocycles. The average Bonchev–Trinajstić information content (AvgIpc) is 2.51. The van der Waals surface area contributed by atoms with Gasteiger partial charge in [0, 0.05) is 5.56 Å². The number of rotatable bonds is 2. The number of ether oxygens (including phenoxy) is 1. The second-order valence-electron chi connectivity index (χ2n) is 2.24. The van der Waals surface area contributed by atoms with Crippen molar-refractivity contribution in [3.63, 3.8) is 0 Å². The van der Waals surface area contributed by atoms with E-state index in [1.54, 1.807) is 6.20 Å². The van der Waals surface area contributed by atoms with Crippen LogP contribution in [0.15, 0.2) is 6.20 Å². The molecule has 12 heavy (non-hydrogen) atoms. The molecule has 0 spiro atoms. The van der Waals surface area contributed by atoms with Gasteiger partial charge in [-0.15, -0.1) is 0 Å². The maximum atomic E-state index is 10.8. The van der Waals surface area contributed by atoms with E-state index in [1.807, 2.05) is 6.92 Å². The number of anilines is 1. The van der Waals surface area contributed by atoms with Crippen LogP contribution in [0.1, 0.15) is 12.5 Å². The van der Waals surface area contributed by atoms with Gasteiger partial charge in [0.15, 0.2) is 0 Å². The van der Waals surface area contributed by atoms with E-state index in [0.29, 0.717) is 5.82 Å². The van der Waals surface area contributed by atoms with Gasteiger partial charge < -0.3 is 4.74 Å². The third-order valence-corrected chi connectivity index (χ3v) is 1.51. The largest absolute Gasteiger partial charge is 0.453 e. The van der Waals surface area contributed by atoms with Gasteiger partial charge in [-0.2, -0.15) is 5.10 Å². The van der Waals surface area contributed by atoms with Gasteiger partial charge in [-0.1, -0.05) is 6.92 Å². The molecule has 0 aliphatic rings. The molecule has 0 saturated heterocycles. The molecule has 0 fully saturated rings. The first kappa shape index (κ1) is 8.58. The summed E-state index contributed by atoms with van der Waals surface area (Å²) in [7, 11) is 1.32. The number of aromatic amines is 1. The van der Waals surface area contributed by atoms with E-state index in [1.165, 1.54) is 7.11 Å². The Kier molecular flexibility index (Phi) is 2.68. The number of aryl methyl sites for hydroxylation is 1. The molecule has 0 saturated carbocycles. The molecule has 0 aliphatic heterocycles. The lowest BCUT2D eigenvalue weighted by Crippen LogP contribution is -2.12. The SMILES string of the molecule is CCc1cn[nH]c1NC(=O)OC. The fraction of sp³-hybridized carbons (Fsp3) is 0.429. The molecule has 1 rings (SSSR count). The average molecular weight is 169 g/mol. The minimum atomic E-state index is -0.492. The number of nitrogens with zero attached hydrogens (tertiary/aromatic N) is 1. The Bertz CT molecular complexity index is 269. The van der Waals surface area contributed by atoms with Gasteiger partial charge in [-0.05, 0) is 6.42 Å². The lowest BCUT2D eigenvalue weighted by atomic mass is 10.2. The van der Waals surface area contributed by atoms with Gasteiger partial charge in [0.1, 0.15) is 5.82 Å². The second kappa shape index (κ2) is 3.75. The number of carbonyl (C=O) groups excluding carboxylic acids is 1. The topological polar surface area (TPSA) is 67.0 Å². The fourth-order valence-corrected chi connectivity index (χ4v) is 0.840. The van der Waals surface area contributed by atoms with Crippen LogP contribution in [0.5, 0.6) is 0 Å². The summed E-state index contributed by atoms with van der Waals surface area (Å²) in [4.78, 5) is 10.8. The summed E-state index contributed by atoms with van der Waals surface area (Å²) in [6, 6.07) is 0. The number of nitrogens with one attached hydrogen (secondary N) is 2. The summed E-state index contributed by atoms with van der Waals surface area (Å²) in [5, 5.41) is 8.96. The first-order valence-corrected chi connectivity index (χ1v) is 3.65. The Balaban J connectivity index is 2.68. The number of hydrogen-bond donors (Lipinski definition) is 2. The predicted molar refractivity (Wildman–Crippen MR) is 44.0 cm³/mol. The van der Waals surface area contributed by atoms with Crippen molar-refractivity contribution < 1.29 is 9.53 Å². The molecule has 1 amide bonds. The van der Waals surface area contributed by atoms with E-state index in [2.05, 4.69) is 20.3 Å². The van der Waals surface area contributed by atoms with Crippen LogP contribution in [0.2, 0.25) is 0 Å². The van der Waals surface area contributed by atoms with Crippen molar-refractivity contribution >= 4 is 11.9 Å². The highest BCUT2D eigenvalue weighted by Gasteiger charge is 2.06. The highest BCUT2D eigenvalue weighted by molar-refractivity contribution is 5.83. The third kappa shape index (κ3) is 1.75. The van der Waals surface area contributed by atoms with E-state index in [-0.39, 0.29) is 0 Å². The predicted octanol–water partition coefficient (Wildman–Crippen LogP) is 1.15. The summed E-state index contributed by atoms with van der Waals surface area (Å²) in [6.07, 6.45) is 2.00. The highest BCUT2D eigenvalue weighted by atomic mass is 16.5. The summed E-state index contributed by atoms with van der Waals surface area (Å²) in [6.45, 7) is 1.98. The normalized spacial score (nSPS) is 9.50. The summed E-state index contributed by atoms with van der Waals surface area (Å²) < 4.78 is 4.43. The minimum absolute atomic E-state index is 0.492. The van der Waals surface area contributed by atoms with E-state index in [4.69, 9.17) is 0 Å². The molecule has 2 N–H and O–H groups in total. The molecule has 1 aromatic heterocycles. The van der Waals surface area contributed by atoms with Crippen molar-refractivity contribution in [1.29, 1.82) is 0 Å². The Morgan fingerprint density at radius 3 is 3.17 bits per heavy atom. The Labute approximate surface area is 70.1 Å². The number of hydrogen-bond acceptors (Lipinski definition) is 3. The smallest absolute Gasteiger partial charge is 0.412 e. The second-order valence-corrected chi connectivity index (χ2v) is 2.24. The Hall–Kier alpha value is -1.52. The van der Waals surface area contributed by atoms with E-state index in [9.17, 15) is 4.79 Å². The van der Waals surface area contributed by atoms with Gasteiger partial charge in [-0.25, -0.2) is 4.79 Å². The van der Waals surface area contributed by atoms with Crippen LogP contribution in [0.3, 0.4) is 0 Å². The van der Waals surface area contributed by atoms with Crippen LogP contribution < -0.4 is 5.32 Å². The molecule has 5 heteroatoms. The molecular weight excluding hydrogens is 158 g/mol. The van der Waals surface area contributed by atoms with Crippen molar-refractivity contribution in [2.45, 2.75) is 13.3 Å². The summed E-state index contributed by atoms with van der Waals surface area (Å²) >= 11 is 0. The van der Waals surface area contributed by atoms with E-state index < -0.39 is 6.09 Å². The maximum Gasteiger partial charge on any atom is 0.412 e. The standard InChI is InChI=1S/C7H11N3O2/c1-3-5-4-8-10-6(5)9-7(11)12-2/h4H,3H2,1-2H3,(H2,8,9,10,11). The first-order valence-electron chi connectivity index (χ1n) is 3.65. The van der Waals surface area contributed by atoms with Crippen LogP contribution in [-0.4, -0.2) is 23.4 Å². The van der Waals surface area contributed by atoms with Gasteiger partial charge >= 0.3 is 6.09 Å². The lowest BCUT2D eigenvalue weighted by molar-refractivity contribution is 0.187. The molecule has 1 heterocycles. The van der Waals surface area contributed by atoms with Crippen molar-refractivity contribution in [3.8, 4) is 0 Å². The summed E-state index contributed by atoms with van der Waals surface area (Å²) in [5.41, 5.74) is 0.959. The Morgan fingerprint density at radius 2 is 2.58 bits per heavy atom. The number of carbonyl (C=O) groups is 1. The molecule has 1 aromatic rings. The molecule has 66 valence electrons. The molecule has 0 unspecified atom stereocenters. The quantitative estimate of drug-likeness (QED) is 0.697. The van der Waals surface area contributed by atoms with Crippen molar-refractivity contribution in [2.24, 2.45) is 0 Å². The molecule has 0 aliphatic carbocycles. The Morgan fingerprint density at radius 1 is 1.83 bits per heavy atom.